The van der Waals surface area contributed by atoms with Crippen LogP contribution in [0.15, 0.2) is 18.2 Å². The van der Waals surface area contributed by atoms with E-state index < -0.39 is 16.4 Å². The van der Waals surface area contributed by atoms with E-state index in [9.17, 15) is 20.0 Å². The molecule has 108 valence electrons. The predicted molar refractivity (Wildman–Crippen MR) is 74.9 cm³/mol. The van der Waals surface area contributed by atoms with Crippen LogP contribution >= 0.6 is 0 Å². The molecule has 0 spiro atoms. The van der Waals surface area contributed by atoms with E-state index in [4.69, 9.17) is 0 Å². The Morgan fingerprint density at radius 1 is 1.35 bits per heavy atom. The number of hydrogen-bond acceptors (Lipinski definition) is 4. The molecule has 0 aliphatic heterocycles. The van der Waals surface area contributed by atoms with E-state index in [2.05, 4.69) is 5.32 Å². The summed E-state index contributed by atoms with van der Waals surface area (Å²) >= 11 is 0. The molecule has 0 radical (unpaired) electrons. The minimum absolute atomic E-state index is 0.0149. The van der Waals surface area contributed by atoms with E-state index in [0.717, 1.165) is 19.3 Å². The summed E-state index contributed by atoms with van der Waals surface area (Å²) in [6.45, 7) is 1.74. The van der Waals surface area contributed by atoms with E-state index in [1.165, 1.54) is 12.1 Å². The van der Waals surface area contributed by atoms with Gasteiger partial charge in [0.2, 0.25) is 0 Å². The maximum atomic E-state index is 11.6. The monoisotopic (exact) mass is 278 g/mol. The van der Waals surface area contributed by atoms with Crippen molar-refractivity contribution in [2.24, 2.45) is 0 Å². The van der Waals surface area contributed by atoms with Crippen LogP contribution in [0.5, 0.6) is 0 Å². The van der Waals surface area contributed by atoms with Crippen molar-refractivity contribution in [3.05, 3.63) is 33.9 Å². The number of hydrogen-bond donors (Lipinski definition) is 2. The Kier molecular flexibility index (Phi) is 3.92. The van der Waals surface area contributed by atoms with Gasteiger partial charge in [-0.05, 0) is 31.4 Å². The Morgan fingerprint density at radius 3 is 2.50 bits per heavy atom. The highest BCUT2D eigenvalue weighted by Gasteiger charge is 2.39. The lowest BCUT2D eigenvalue weighted by atomic mass is 9.81. The number of carboxylic acid groups (broad SMARTS) is 1. The zero-order chi connectivity index (χ0) is 14.8. The van der Waals surface area contributed by atoms with Gasteiger partial charge < -0.3 is 10.4 Å². The number of nitrogens with one attached hydrogen (secondary N) is 1. The first-order chi connectivity index (χ1) is 9.44. The van der Waals surface area contributed by atoms with Gasteiger partial charge in [0.1, 0.15) is 5.54 Å². The summed E-state index contributed by atoms with van der Waals surface area (Å²) < 4.78 is 0. The molecule has 0 saturated heterocycles. The highest BCUT2D eigenvalue weighted by atomic mass is 16.6. The highest BCUT2D eigenvalue weighted by Crippen LogP contribution is 2.33. The lowest BCUT2D eigenvalue weighted by Gasteiger charge is -2.35. The van der Waals surface area contributed by atoms with E-state index in [1.54, 1.807) is 13.0 Å². The first-order valence-electron chi connectivity index (χ1n) is 6.71. The van der Waals surface area contributed by atoms with Crippen LogP contribution in [0.1, 0.15) is 37.7 Å². The van der Waals surface area contributed by atoms with Crippen LogP contribution in [0.4, 0.5) is 11.4 Å². The maximum absolute atomic E-state index is 11.6. The summed E-state index contributed by atoms with van der Waals surface area (Å²) in [5.74, 6) is -0.852. The third-order valence-corrected chi connectivity index (χ3v) is 3.91. The third-order valence-electron chi connectivity index (χ3n) is 3.91. The van der Waals surface area contributed by atoms with Crippen LogP contribution in [0, 0.1) is 17.0 Å². The number of aliphatic carboxylic acids is 1. The van der Waals surface area contributed by atoms with Crippen molar-refractivity contribution in [1.82, 2.24) is 0 Å². The molecule has 0 unspecified atom stereocenters. The van der Waals surface area contributed by atoms with Gasteiger partial charge >= 0.3 is 5.97 Å². The lowest BCUT2D eigenvalue weighted by Crippen LogP contribution is -2.48. The molecule has 2 rings (SSSR count). The van der Waals surface area contributed by atoms with E-state index in [1.807, 2.05) is 0 Å². The zero-order valence-corrected chi connectivity index (χ0v) is 11.4. The van der Waals surface area contributed by atoms with Gasteiger partial charge in [-0.15, -0.1) is 0 Å². The third kappa shape index (κ3) is 2.74. The number of nitro benzene ring substituents is 1. The number of nitrogens with zero attached hydrogens (tertiary/aromatic N) is 1. The molecule has 1 aromatic carbocycles. The average molecular weight is 278 g/mol. The second-order valence-corrected chi connectivity index (χ2v) is 5.33. The fraction of sp³-hybridized carbons (Fsp3) is 0.500. The number of nitro groups is 1. The molecule has 6 heteroatoms. The first-order valence-corrected chi connectivity index (χ1v) is 6.71. The molecular weight excluding hydrogens is 260 g/mol. The summed E-state index contributed by atoms with van der Waals surface area (Å²) in [6, 6.07) is 4.45. The quantitative estimate of drug-likeness (QED) is 0.652. The summed E-state index contributed by atoms with van der Waals surface area (Å²) in [4.78, 5) is 21.9. The van der Waals surface area contributed by atoms with Crippen LogP contribution in [0.2, 0.25) is 0 Å². The maximum Gasteiger partial charge on any atom is 0.329 e. The van der Waals surface area contributed by atoms with Crippen LogP contribution < -0.4 is 5.32 Å². The second kappa shape index (κ2) is 5.48. The molecule has 6 nitrogen and oxygen atoms in total. The summed E-state index contributed by atoms with van der Waals surface area (Å²) in [5, 5.41) is 23.3. The van der Waals surface area contributed by atoms with E-state index in [0.29, 0.717) is 24.1 Å². The van der Waals surface area contributed by atoms with Crippen molar-refractivity contribution in [1.29, 1.82) is 0 Å². The number of anilines is 1. The molecule has 0 aromatic heterocycles. The first kappa shape index (κ1) is 14.3. The molecule has 1 aromatic rings. The van der Waals surface area contributed by atoms with Crippen molar-refractivity contribution in [2.45, 2.75) is 44.6 Å². The number of benzene rings is 1. The number of non-ortho nitro benzene ring substituents is 1. The van der Waals surface area contributed by atoms with Crippen molar-refractivity contribution in [3.63, 3.8) is 0 Å². The van der Waals surface area contributed by atoms with Crippen molar-refractivity contribution >= 4 is 17.3 Å². The fourth-order valence-corrected chi connectivity index (χ4v) is 2.71. The SMILES string of the molecule is Cc1cc([N+](=O)[O-])ccc1NC1(C(=O)O)CCCCC1. The standard InChI is InChI=1S/C14H18N2O4/c1-10-9-11(16(19)20)5-6-12(10)15-14(13(17)18)7-3-2-4-8-14/h5-6,9,15H,2-4,7-8H2,1H3,(H,17,18). The summed E-state index contributed by atoms with van der Waals surface area (Å²) in [5.41, 5.74) is 0.408. The lowest BCUT2D eigenvalue weighted by molar-refractivity contribution is -0.384. The molecule has 0 amide bonds. The van der Waals surface area contributed by atoms with Crippen molar-refractivity contribution in [3.8, 4) is 0 Å². The van der Waals surface area contributed by atoms with Crippen LogP contribution in [0.3, 0.4) is 0 Å². The molecule has 1 aliphatic carbocycles. The van der Waals surface area contributed by atoms with Crippen LogP contribution in [-0.2, 0) is 4.79 Å². The van der Waals surface area contributed by atoms with Gasteiger partial charge in [-0.3, -0.25) is 10.1 Å². The Labute approximate surface area is 117 Å². The van der Waals surface area contributed by atoms with Gasteiger partial charge in [-0.1, -0.05) is 19.3 Å². The molecule has 1 saturated carbocycles. The predicted octanol–water partition coefficient (Wildman–Crippen LogP) is 3.10. The van der Waals surface area contributed by atoms with Gasteiger partial charge in [-0.2, -0.15) is 0 Å². The number of carbonyl (C=O) groups is 1. The fourth-order valence-electron chi connectivity index (χ4n) is 2.71. The Hall–Kier alpha value is -2.11. The minimum Gasteiger partial charge on any atom is -0.480 e. The Bertz CT molecular complexity index is 536. The smallest absolute Gasteiger partial charge is 0.329 e. The van der Waals surface area contributed by atoms with Gasteiger partial charge in [0, 0.05) is 17.8 Å². The average Bonchev–Trinajstić information content (AvgIpc) is 2.41. The van der Waals surface area contributed by atoms with Gasteiger partial charge in [0.15, 0.2) is 0 Å². The number of carboxylic acids is 1. The zero-order valence-electron chi connectivity index (χ0n) is 11.4. The summed E-state index contributed by atoms with van der Waals surface area (Å²) in [7, 11) is 0. The summed E-state index contributed by atoms with van der Waals surface area (Å²) in [6.07, 6.45) is 3.98. The number of rotatable bonds is 4. The highest BCUT2D eigenvalue weighted by molar-refractivity contribution is 5.83. The molecule has 1 fully saturated rings. The number of aryl methyl sites for hydroxylation is 1. The van der Waals surface area contributed by atoms with Gasteiger partial charge in [-0.25, -0.2) is 4.79 Å². The molecule has 20 heavy (non-hydrogen) atoms. The molecule has 2 N–H and O–H groups in total. The van der Waals surface area contributed by atoms with Crippen LogP contribution in [-0.4, -0.2) is 21.5 Å². The Balaban J connectivity index is 2.27. The second-order valence-electron chi connectivity index (χ2n) is 5.33. The van der Waals surface area contributed by atoms with Crippen molar-refractivity contribution < 1.29 is 14.8 Å². The molecular formula is C14H18N2O4. The van der Waals surface area contributed by atoms with Gasteiger partial charge in [0.25, 0.3) is 5.69 Å². The molecule has 1 aliphatic rings. The van der Waals surface area contributed by atoms with Crippen molar-refractivity contribution in [2.75, 3.05) is 5.32 Å². The molecule has 0 heterocycles. The van der Waals surface area contributed by atoms with E-state index >= 15 is 0 Å². The normalized spacial score (nSPS) is 17.4. The topological polar surface area (TPSA) is 92.5 Å². The minimum atomic E-state index is -0.945. The largest absolute Gasteiger partial charge is 0.480 e. The Morgan fingerprint density at radius 2 is 2.00 bits per heavy atom. The van der Waals surface area contributed by atoms with E-state index in [-0.39, 0.29) is 5.69 Å². The van der Waals surface area contributed by atoms with Gasteiger partial charge in [0.05, 0.1) is 4.92 Å². The molecule has 0 atom stereocenters. The van der Waals surface area contributed by atoms with Crippen LogP contribution in [0.25, 0.3) is 0 Å². The molecule has 0 bridgehead atoms.